The van der Waals surface area contributed by atoms with E-state index >= 15 is 0 Å². The van der Waals surface area contributed by atoms with Crippen molar-refractivity contribution in [2.45, 2.75) is 18.9 Å². The first-order valence-corrected chi connectivity index (χ1v) is 7.75. The average Bonchev–Trinajstić information content (AvgIpc) is 2.90. The van der Waals surface area contributed by atoms with Crippen LogP contribution in [0.2, 0.25) is 15.1 Å². The molecule has 0 fully saturated rings. The summed E-state index contributed by atoms with van der Waals surface area (Å²) in [5.41, 5.74) is 2.58. The molecule has 0 saturated heterocycles. The fraction of sp³-hybridized carbons (Fsp3) is 0.250. The van der Waals surface area contributed by atoms with Crippen LogP contribution in [0, 0.1) is 0 Å². The summed E-state index contributed by atoms with van der Waals surface area (Å²) in [5, 5.41) is 11.9. The van der Waals surface area contributed by atoms with Gasteiger partial charge >= 0.3 is 0 Å². The highest BCUT2D eigenvalue weighted by Gasteiger charge is 2.21. The van der Waals surface area contributed by atoms with Crippen LogP contribution in [0.5, 0.6) is 5.75 Å². The van der Waals surface area contributed by atoms with E-state index in [4.69, 9.17) is 39.5 Å². The van der Waals surface area contributed by atoms with Gasteiger partial charge in [-0.1, -0.05) is 46.9 Å². The van der Waals surface area contributed by atoms with Crippen LogP contribution in [-0.4, -0.2) is 11.7 Å². The van der Waals surface area contributed by atoms with E-state index in [1.165, 1.54) is 0 Å². The molecule has 5 heteroatoms. The number of ether oxygens (including phenoxy) is 1. The summed E-state index contributed by atoms with van der Waals surface area (Å²) in [6.07, 6.45) is 0.461. The third-order valence-electron chi connectivity index (χ3n) is 3.58. The minimum absolute atomic E-state index is 0.378. The van der Waals surface area contributed by atoms with Gasteiger partial charge in [0.15, 0.2) is 0 Å². The Balaban J connectivity index is 1.92. The van der Waals surface area contributed by atoms with Crippen molar-refractivity contribution in [3.8, 4) is 5.75 Å². The summed E-state index contributed by atoms with van der Waals surface area (Å²) in [6.45, 7) is 0.649. The molecule has 2 nitrogen and oxygen atoms in total. The topological polar surface area (TPSA) is 29.5 Å². The maximum Gasteiger partial charge on any atom is 0.126 e. The van der Waals surface area contributed by atoms with E-state index in [9.17, 15) is 5.11 Å². The van der Waals surface area contributed by atoms with Crippen LogP contribution in [0.4, 0.5) is 0 Å². The van der Waals surface area contributed by atoms with Gasteiger partial charge in [0.05, 0.1) is 22.8 Å². The summed E-state index contributed by atoms with van der Waals surface area (Å²) in [6, 6.07) is 8.97. The summed E-state index contributed by atoms with van der Waals surface area (Å²) >= 11 is 18.3. The summed E-state index contributed by atoms with van der Waals surface area (Å²) in [4.78, 5) is 0. The predicted octanol–water partition coefficient (Wildman–Crippen LogP) is 4.86. The second-order valence-corrected chi connectivity index (χ2v) is 6.24. The van der Waals surface area contributed by atoms with E-state index in [0.29, 0.717) is 33.7 Å². The SMILES string of the molecule is OC(Cc1cc(Cl)cc2c1OCC2)c1cccc(Cl)c1Cl. The fourth-order valence-electron chi connectivity index (χ4n) is 2.59. The lowest BCUT2D eigenvalue weighted by Crippen LogP contribution is -2.04. The van der Waals surface area contributed by atoms with Crippen molar-refractivity contribution in [1.82, 2.24) is 0 Å². The molecule has 0 aromatic heterocycles. The number of rotatable bonds is 3. The van der Waals surface area contributed by atoms with E-state index in [0.717, 1.165) is 23.3 Å². The molecule has 110 valence electrons. The van der Waals surface area contributed by atoms with Crippen molar-refractivity contribution in [3.05, 3.63) is 62.1 Å². The Bertz CT molecular complexity index is 685. The third-order valence-corrected chi connectivity index (χ3v) is 4.63. The van der Waals surface area contributed by atoms with Crippen LogP contribution < -0.4 is 4.74 Å². The third kappa shape index (κ3) is 3.00. The lowest BCUT2D eigenvalue weighted by Gasteiger charge is -2.16. The van der Waals surface area contributed by atoms with Crippen LogP contribution in [0.3, 0.4) is 0 Å². The minimum atomic E-state index is -0.761. The number of aliphatic hydroxyl groups excluding tert-OH is 1. The highest BCUT2D eigenvalue weighted by atomic mass is 35.5. The molecular formula is C16H13Cl3O2. The zero-order valence-corrected chi connectivity index (χ0v) is 13.3. The van der Waals surface area contributed by atoms with Crippen LogP contribution in [0.1, 0.15) is 22.8 Å². The van der Waals surface area contributed by atoms with Crippen LogP contribution >= 0.6 is 34.8 Å². The number of aliphatic hydroxyl groups is 1. The Morgan fingerprint density at radius 2 is 2.00 bits per heavy atom. The molecule has 1 atom stereocenters. The zero-order valence-electron chi connectivity index (χ0n) is 11.1. The minimum Gasteiger partial charge on any atom is -0.493 e. The highest BCUT2D eigenvalue weighted by molar-refractivity contribution is 6.42. The van der Waals surface area contributed by atoms with Crippen molar-refractivity contribution >= 4 is 34.8 Å². The Hall–Kier alpha value is -0.930. The van der Waals surface area contributed by atoms with Gasteiger partial charge in [-0.15, -0.1) is 0 Å². The highest BCUT2D eigenvalue weighted by Crippen LogP contribution is 2.37. The van der Waals surface area contributed by atoms with Crippen LogP contribution in [0.15, 0.2) is 30.3 Å². The Morgan fingerprint density at radius 3 is 2.81 bits per heavy atom. The number of hydrogen-bond donors (Lipinski definition) is 1. The van der Waals surface area contributed by atoms with Gasteiger partial charge in [0, 0.05) is 23.4 Å². The van der Waals surface area contributed by atoms with Gasteiger partial charge in [0.25, 0.3) is 0 Å². The van der Waals surface area contributed by atoms with E-state index in [-0.39, 0.29) is 0 Å². The standard InChI is InChI=1S/C16H13Cl3O2/c17-11-6-9-4-5-21-16(9)10(7-11)8-14(20)12-2-1-3-13(18)15(12)19/h1-3,6-7,14,20H,4-5,8H2. The van der Waals surface area contributed by atoms with E-state index in [2.05, 4.69) is 0 Å². The predicted molar refractivity (Wildman–Crippen MR) is 85.8 cm³/mol. The molecule has 2 aromatic rings. The van der Waals surface area contributed by atoms with Crippen molar-refractivity contribution in [2.75, 3.05) is 6.61 Å². The second kappa shape index (κ2) is 6.05. The number of benzene rings is 2. The monoisotopic (exact) mass is 342 g/mol. The molecule has 0 spiro atoms. The lowest BCUT2D eigenvalue weighted by atomic mass is 9.98. The molecule has 0 aliphatic carbocycles. The van der Waals surface area contributed by atoms with Gasteiger partial charge in [0.1, 0.15) is 5.75 Å². The molecule has 1 aliphatic rings. The normalized spacial score (nSPS) is 14.7. The summed E-state index contributed by atoms with van der Waals surface area (Å²) < 4.78 is 5.65. The lowest BCUT2D eigenvalue weighted by molar-refractivity contribution is 0.177. The number of halogens is 3. The molecule has 1 aliphatic heterocycles. The number of fused-ring (bicyclic) bond motifs is 1. The van der Waals surface area contributed by atoms with Crippen molar-refractivity contribution in [3.63, 3.8) is 0 Å². The van der Waals surface area contributed by atoms with Gasteiger partial charge in [-0.2, -0.15) is 0 Å². The number of hydrogen-bond acceptors (Lipinski definition) is 2. The fourth-order valence-corrected chi connectivity index (χ4v) is 3.29. The molecule has 21 heavy (non-hydrogen) atoms. The van der Waals surface area contributed by atoms with Crippen LogP contribution in [-0.2, 0) is 12.8 Å². The van der Waals surface area contributed by atoms with Crippen molar-refractivity contribution in [1.29, 1.82) is 0 Å². The molecule has 2 aromatic carbocycles. The molecule has 1 heterocycles. The molecule has 3 rings (SSSR count). The molecule has 1 N–H and O–H groups in total. The largest absolute Gasteiger partial charge is 0.493 e. The van der Waals surface area contributed by atoms with E-state index in [1.54, 1.807) is 18.2 Å². The molecule has 0 radical (unpaired) electrons. The van der Waals surface area contributed by atoms with Gasteiger partial charge in [-0.3, -0.25) is 0 Å². The Kier molecular flexibility index (Phi) is 4.32. The first kappa shape index (κ1) is 15.0. The first-order valence-electron chi connectivity index (χ1n) is 6.62. The molecule has 1 unspecified atom stereocenters. The summed E-state index contributed by atoms with van der Waals surface area (Å²) in [7, 11) is 0. The van der Waals surface area contributed by atoms with Gasteiger partial charge in [-0.25, -0.2) is 0 Å². The van der Waals surface area contributed by atoms with E-state index in [1.807, 2.05) is 12.1 Å². The average molecular weight is 344 g/mol. The molecule has 0 amide bonds. The van der Waals surface area contributed by atoms with Crippen molar-refractivity contribution in [2.24, 2.45) is 0 Å². The maximum atomic E-state index is 10.5. The molecule has 0 saturated carbocycles. The van der Waals surface area contributed by atoms with E-state index < -0.39 is 6.10 Å². The van der Waals surface area contributed by atoms with Gasteiger partial charge in [-0.05, 0) is 29.3 Å². The second-order valence-electron chi connectivity index (χ2n) is 5.01. The van der Waals surface area contributed by atoms with Gasteiger partial charge in [0.2, 0.25) is 0 Å². The molecular weight excluding hydrogens is 331 g/mol. The quantitative estimate of drug-likeness (QED) is 0.862. The molecule has 0 bridgehead atoms. The maximum absolute atomic E-state index is 10.5. The summed E-state index contributed by atoms with van der Waals surface area (Å²) in [5.74, 6) is 0.830. The smallest absolute Gasteiger partial charge is 0.126 e. The first-order chi connectivity index (χ1) is 10.1. The Labute approximate surface area is 138 Å². The van der Waals surface area contributed by atoms with Gasteiger partial charge < -0.3 is 9.84 Å². The Morgan fingerprint density at radius 1 is 1.19 bits per heavy atom. The van der Waals surface area contributed by atoms with Crippen LogP contribution in [0.25, 0.3) is 0 Å². The zero-order chi connectivity index (χ0) is 15.0. The van der Waals surface area contributed by atoms with Crippen molar-refractivity contribution < 1.29 is 9.84 Å².